The van der Waals surface area contributed by atoms with Gasteiger partial charge in [-0.2, -0.15) is 0 Å². The van der Waals surface area contributed by atoms with Gasteiger partial charge in [-0.15, -0.1) is 11.8 Å². The molecule has 0 radical (unpaired) electrons. The summed E-state index contributed by atoms with van der Waals surface area (Å²) in [6, 6.07) is 17.6. The molecule has 3 rings (SSSR count). The van der Waals surface area contributed by atoms with E-state index in [9.17, 15) is 4.79 Å². The van der Waals surface area contributed by atoms with E-state index in [1.165, 1.54) is 0 Å². The van der Waals surface area contributed by atoms with Gasteiger partial charge >= 0.3 is 6.09 Å². The maximum Gasteiger partial charge on any atom is 0.414 e. The fourth-order valence-corrected chi connectivity index (χ4v) is 4.62. The van der Waals surface area contributed by atoms with Gasteiger partial charge in [0.05, 0.1) is 16.3 Å². The molecule has 0 fully saturated rings. The normalized spacial score (nSPS) is 18.0. The van der Waals surface area contributed by atoms with Gasteiger partial charge in [0, 0.05) is 10.8 Å². The highest BCUT2D eigenvalue weighted by molar-refractivity contribution is 8.16. The Morgan fingerprint density at radius 3 is 2.62 bits per heavy atom. The van der Waals surface area contributed by atoms with Crippen LogP contribution in [0.3, 0.4) is 0 Å². The molecular weight excluding hydrogens is 364 g/mol. The minimum atomic E-state index is -1.06. The summed E-state index contributed by atoms with van der Waals surface area (Å²) < 4.78 is 2.40. The molecule has 2 N–H and O–H groups in total. The highest BCUT2D eigenvalue weighted by Gasteiger charge is 2.28. The van der Waals surface area contributed by atoms with Gasteiger partial charge in [0.15, 0.2) is 0 Å². The molecule has 0 aromatic heterocycles. The monoisotopic (exact) mass is 378 g/mol. The summed E-state index contributed by atoms with van der Waals surface area (Å²) in [4.78, 5) is 15.7. The van der Waals surface area contributed by atoms with E-state index in [4.69, 9.17) is 21.7 Å². The molecule has 2 aromatic carbocycles. The molecule has 2 aromatic rings. The summed E-state index contributed by atoms with van der Waals surface area (Å²) in [6.07, 6.45) is -1.06. The topological polar surface area (TPSA) is 61.7 Å². The first-order valence-corrected chi connectivity index (χ1v) is 9.53. The quantitative estimate of drug-likeness (QED) is 0.703. The Bertz CT molecular complexity index is 738. The number of aliphatic imine (C=N–C) groups is 1. The Kier molecular flexibility index (Phi) is 5.71. The second-order valence-electron chi connectivity index (χ2n) is 5.16. The van der Waals surface area contributed by atoms with Crippen molar-refractivity contribution in [2.45, 2.75) is 11.3 Å². The number of carboxylic acid groups (broad SMARTS) is 1. The fourth-order valence-electron chi connectivity index (χ4n) is 2.39. The predicted octanol–water partition coefficient (Wildman–Crippen LogP) is 5.18. The molecule has 1 heterocycles. The van der Waals surface area contributed by atoms with Crippen molar-refractivity contribution in [3.05, 3.63) is 70.7 Å². The van der Waals surface area contributed by atoms with E-state index in [1.54, 1.807) is 11.8 Å². The number of rotatable bonds is 5. The van der Waals surface area contributed by atoms with E-state index < -0.39 is 6.09 Å². The average molecular weight is 379 g/mol. The van der Waals surface area contributed by atoms with Gasteiger partial charge in [-0.3, -0.25) is 9.71 Å². The number of nitrogens with zero attached hydrogens (tertiary/aromatic N) is 1. The molecule has 0 saturated carbocycles. The zero-order valence-electron chi connectivity index (χ0n) is 12.6. The Balaban J connectivity index is 1.83. The van der Waals surface area contributed by atoms with E-state index in [2.05, 4.69) is 4.72 Å². The lowest BCUT2D eigenvalue weighted by molar-refractivity contribution is 0.202. The number of benzene rings is 2. The number of thioether (sulfide) groups is 1. The van der Waals surface area contributed by atoms with Crippen molar-refractivity contribution in [2.24, 2.45) is 4.99 Å². The molecule has 1 aliphatic heterocycles. The molecule has 124 valence electrons. The third kappa shape index (κ3) is 4.26. The molecular formula is C17H15ClN2O2S2. The number of hydrogen-bond donors (Lipinski definition) is 2. The summed E-state index contributed by atoms with van der Waals surface area (Å²) in [5.41, 5.74) is 2.14. The smallest absolute Gasteiger partial charge is 0.414 e. The van der Waals surface area contributed by atoms with E-state index in [-0.39, 0.29) is 11.3 Å². The second-order valence-corrected chi connectivity index (χ2v) is 7.55. The third-order valence-corrected chi connectivity index (χ3v) is 6.06. The zero-order valence-corrected chi connectivity index (χ0v) is 14.9. The number of halogens is 1. The number of nitrogens with one attached hydrogen (secondary N) is 1. The SMILES string of the molecule is O=C(O)NSC(C1=NC(c2ccc(Cl)cc2)CS1)c1ccccc1. The van der Waals surface area contributed by atoms with E-state index >= 15 is 0 Å². The molecule has 0 bridgehead atoms. The first-order valence-electron chi connectivity index (χ1n) is 7.29. The van der Waals surface area contributed by atoms with Gasteiger partial charge in [-0.05, 0) is 35.2 Å². The van der Waals surface area contributed by atoms with Crippen molar-refractivity contribution < 1.29 is 9.90 Å². The van der Waals surface area contributed by atoms with Gasteiger partial charge in [0.2, 0.25) is 0 Å². The lowest BCUT2D eigenvalue weighted by Crippen LogP contribution is -2.17. The van der Waals surface area contributed by atoms with Gasteiger partial charge < -0.3 is 5.11 Å². The lowest BCUT2D eigenvalue weighted by atomic mass is 10.1. The standard InChI is InChI=1S/C17H15ClN2O2S2/c18-13-8-6-11(7-9-13)14-10-23-16(19-14)15(24-20-17(21)22)12-4-2-1-3-5-12/h1-9,14-15,20H,10H2,(H,21,22). The minimum absolute atomic E-state index is 0.0684. The van der Waals surface area contributed by atoms with E-state index in [0.717, 1.165) is 33.9 Å². The van der Waals surface area contributed by atoms with Crippen LogP contribution in [0.5, 0.6) is 0 Å². The van der Waals surface area contributed by atoms with Crippen LogP contribution in [0.25, 0.3) is 0 Å². The molecule has 2 unspecified atom stereocenters. The first-order chi connectivity index (χ1) is 11.6. The highest BCUT2D eigenvalue weighted by atomic mass is 35.5. The van der Waals surface area contributed by atoms with Gasteiger partial charge in [-0.1, -0.05) is 54.1 Å². The highest BCUT2D eigenvalue weighted by Crippen LogP contribution is 2.40. The molecule has 2 atom stereocenters. The Labute approximate surface area is 153 Å². The van der Waals surface area contributed by atoms with Crippen molar-refractivity contribution in [3.8, 4) is 0 Å². The van der Waals surface area contributed by atoms with Crippen LogP contribution < -0.4 is 4.72 Å². The molecule has 0 saturated heterocycles. The fraction of sp³-hybridized carbons (Fsp3) is 0.176. The van der Waals surface area contributed by atoms with Crippen LogP contribution in [0, 0.1) is 0 Å². The van der Waals surface area contributed by atoms with Gasteiger partial charge in [-0.25, -0.2) is 4.79 Å². The van der Waals surface area contributed by atoms with Crippen molar-refractivity contribution in [3.63, 3.8) is 0 Å². The molecule has 4 nitrogen and oxygen atoms in total. The number of carbonyl (C=O) groups is 1. The van der Waals surface area contributed by atoms with Crippen molar-refractivity contribution in [1.82, 2.24) is 4.72 Å². The first kappa shape index (κ1) is 17.2. The van der Waals surface area contributed by atoms with Crippen LogP contribution in [0.1, 0.15) is 22.4 Å². The van der Waals surface area contributed by atoms with Crippen LogP contribution in [0.4, 0.5) is 4.79 Å². The summed E-state index contributed by atoms with van der Waals surface area (Å²) in [5.74, 6) is 0.841. The Morgan fingerprint density at radius 2 is 1.96 bits per heavy atom. The van der Waals surface area contributed by atoms with Crippen LogP contribution in [-0.2, 0) is 0 Å². The number of hydrogen-bond acceptors (Lipinski definition) is 4. The molecule has 24 heavy (non-hydrogen) atoms. The minimum Gasteiger partial charge on any atom is -0.464 e. The maximum absolute atomic E-state index is 10.9. The van der Waals surface area contributed by atoms with Crippen LogP contribution in [-0.4, -0.2) is 22.0 Å². The van der Waals surface area contributed by atoms with Crippen molar-refractivity contribution in [2.75, 3.05) is 5.75 Å². The molecule has 0 aliphatic carbocycles. The molecule has 1 amide bonds. The van der Waals surface area contributed by atoms with E-state index in [1.807, 2.05) is 54.6 Å². The Hall–Kier alpha value is -1.63. The van der Waals surface area contributed by atoms with Crippen molar-refractivity contribution in [1.29, 1.82) is 0 Å². The Morgan fingerprint density at radius 1 is 1.25 bits per heavy atom. The molecule has 0 spiro atoms. The summed E-state index contributed by atoms with van der Waals surface area (Å²) >= 11 is 8.76. The maximum atomic E-state index is 10.9. The van der Waals surface area contributed by atoms with Crippen molar-refractivity contribution >= 4 is 46.4 Å². The summed E-state index contributed by atoms with van der Waals surface area (Å²) in [7, 11) is 0. The largest absolute Gasteiger partial charge is 0.464 e. The van der Waals surface area contributed by atoms with E-state index in [0.29, 0.717) is 5.02 Å². The predicted molar refractivity (Wildman–Crippen MR) is 102 cm³/mol. The van der Waals surface area contributed by atoms with Crippen LogP contribution in [0.15, 0.2) is 59.6 Å². The number of amides is 1. The second kappa shape index (κ2) is 7.96. The van der Waals surface area contributed by atoms with Crippen LogP contribution in [0.2, 0.25) is 5.02 Å². The zero-order chi connectivity index (χ0) is 16.9. The molecule has 7 heteroatoms. The third-order valence-electron chi connectivity index (χ3n) is 3.52. The molecule has 1 aliphatic rings. The summed E-state index contributed by atoms with van der Waals surface area (Å²) in [6.45, 7) is 0. The van der Waals surface area contributed by atoms with Gasteiger partial charge in [0.1, 0.15) is 0 Å². The average Bonchev–Trinajstić information content (AvgIpc) is 3.06. The summed E-state index contributed by atoms with van der Waals surface area (Å²) in [5, 5.41) is 10.4. The van der Waals surface area contributed by atoms with Crippen LogP contribution >= 0.6 is 35.3 Å². The lowest BCUT2D eigenvalue weighted by Gasteiger charge is -2.15. The van der Waals surface area contributed by atoms with Gasteiger partial charge in [0.25, 0.3) is 0 Å².